The first kappa shape index (κ1) is 13.4. The van der Waals surface area contributed by atoms with Gasteiger partial charge in [0.25, 0.3) is 0 Å². The van der Waals surface area contributed by atoms with Crippen molar-refractivity contribution in [2.75, 3.05) is 5.88 Å². The normalized spacial score (nSPS) is 14.5. The summed E-state index contributed by atoms with van der Waals surface area (Å²) in [6.45, 7) is 1.92. The SMILES string of the molecule is CC(CCCCCCl)C[Si](O)(O)O. The van der Waals surface area contributed by atoms with Gasteiger partial charge < -0.3 is 14.4 Å². The summed E-state index contributed by atoms with van der Waals surface area (Å²) < 4.78 is 0. The van der Waals surface area contributed by atoms with Gasteiger partial charge in [-0.25, -0.2) is 0 Å². The summed E-state index contributed by atoms with van der Waals surface area (Å²) in [6, 6.07) is 0.147. The monoisotopic (exact) mass is 226 g/mol. The average Bonchev–Trinajstić information content (AvgIpc) is 1.94. The topological polar surface area (TPSA) is 60.7 Å². The highest BCUT2D eigenvalue weighted by Crippen LogP contribution is 2.17. The van der Waals surface area contributed by atoms with Gasteiger partial charge in [0.1, 0.15) is 0 Å². The highest BCUT2D eigenvalue weighted by Gasteiger charge is 2.28. The molecule has 1 atom stereocenters. The molecule has 0 aromatic carbocycles. The molecule has 0 aliphatic heterocycles. The molecule has 0 radical (unpaired) electrons. The van der Waals surface area contributed by atoms with Crippen LogP contribution in [0.3, 0.4) is 0 Å². The summed E-state index contributed by atoms with van der Waals surface area (Å²) in [5.74, 6) is 0.870. The lowest BCUT2D eigenvalue weighted by molar-refractivity contribution is 0.217. The number of unbranched alkanes of at least 4 members (excludes halogenated alkanes) is 2. The van der Waals surface area contributed by atoms with Crippen LogP contribution < -0.4 is 0 Å². The van der Waals surface area contributed by atoms with Gasteiger partial charge in [-0.1, -0.05) is 26.2 Å². The van der Waals surface area contributed by atoms with E-state index in [9.17, 15) is 0 Å². The second-order valence-electron chi connectivity index (χ2n) is 3.62. The molecule has 5 heteroatoms. The Hall–Kier alpha value is 0.387. The standard InChI is InChI=1S/C8H19ClO3Si/c1-8(7-13(10,11)12)5-3-2-4-6-9/h8,10-12H,2-7H2,1H3. The van der Waals surface area contributed by atoms with Crippen molar-refractivity contribution in [2.45, 2.75) is 38.7 Å². The van der Waals surface area contributed by atoms with Gasteiger partial charge in [0, 0.05) is 11.9 Å². The van der Waals surface area contributed by atoms with Crippen LogP contribution in [0.4, 0.5) is 0 Å². The highest BCUT2D eigenvalue weighted by molar-refractivity contribution is 6.56. The summed E-state index contributed by atoms with van der Waals surface area (Å²) >= 11 is 5.51. The van der Waals surface area contributed by atoms with E-state index in [0.29, 0.717) is 5.88 Å². The maximum absolute atomic E-state index is 8.82. The first-order valence-electron chi connectivity index (χ1n) is 4.69. The van der Waals surface area contributed by atoms with Gasteiger partial charge in [-0.2, -0.15) is 0 Å². The molecule has 0 aliphatic carbocycles. The van der Waals surface area contributed by atoms with Crippen LogP contribution in [0, 0.1) is 5.92 Å². The van der Waals surface area contributed by atoms with Crippen LogP contribution in [0.1, 0.15) is 32.6 Å². The maximum atomic E-state index is 8.82. The van der Waals surface area contributed by atoms with Crippen molar-refractivity contribution in [3.8, 4) is 0 Å². The largest absolute Gasteiger partial charge is 0.493 e. The number of halogens is 1. The molecule has 3 N–H and O–H groups in total. The van der Waals surface area contributed by atoms with Gasteiger partial charge in [-0.15, -0.1) is 11.6 Å². The molecule has 0 saturated carbocycles. The molecule has 0 fully saturated rings. The van der Waals surface area contributed by atoms with Crippen molar-refractivity contribution in [2.24, 2.45) is 5.92 Å². The van der Waals surface area contributed by atoms with Crippen LogP contribution in [0.5, 0.6) is 0 Å². The van der Waals surface area contributed by atoms with Gasteiger partial charge in [-0.3, -0.25) is 0 Å². The molecule has 13 heavy (non-hydrogen) atoms. The second kappa shape index (κ2) is 6.78. The van der Waals surface area contributed by atoms with E-state index in [1.54, 1.807) is 0 Å². The molecule has 0 bridgehead atoms. The first-order valence-corrected chi connectivity index (χ1v) is 7.27. The fourth-order valence-electron chi connectivity index (χ4n) is 1.33. The van der Waals surface area contributed by atoms with E-state index < -0.39 is 8.80 Å². The van der Waals surface area contributed by atoms with Crippen LogP contribution >= 0.6 is 11.6 Å². The summed E-state index contributed by atoms with van der Waals surface area (Å²) in [5.41, 5.74) is 0. The summed E-state index contributed by atoms with van der Waals surface area (Å²) in [7, 11) is -3.81. The third kappa shape index (κ3) is 10.3. The lowest BCUT2D eigenvalue weighted by Crippen LogP contribution is -2.36. The average molecular weight is 227 g/mol. The van der Waals surface area contributed by atoms with Crippen molar-refractivity contribution in [3.05, 3.63) is 0 Å². The summed E-state index contributed by atoms with van der Waals surface area (Å²) in [4.78, 5) is 26.5. The van der Waals surface area contributed by atoms with Gasteiger partial charge in [0.05, 0.1) is 0 Å². The van der Waals surface area contributed by atoms with Crippen molar-refractivity contribution in [1.29, 1.82) is 0 Å². The Morgan fingerprint density at radius 3 is 2.23 bits per heavy atom. The number of hydrogen-bond acceptors (Lipinski definition) is 3. The summed E-state index contributed by atoms with van der Waals surface area (Å²) in [5, 5.41) is 0. The Balaban J connectivity index is 3.35. The highest BCUT2D eigenvalue weighted by atomic mass is 35.5. The molecule has 3 nitrogen and oxygen atoms in total. The van der Waals surface area contributed by atoms with Crippen molar-refractivity contribution in [1.82, 2.24) is 0 Å². The Kier molecular flexibility index (Phi) is 6.99. The molecule has 0 saturated heterocycles. The molecule has 0 amide bonds. The van der Waals surface area contributed by atoms with Crippen molar-refractivity contribution < 1.29 is 14.4 Å². The van der Waals surface area contributed by atoms with Crippen molar-refractivity contribution in [3.63, 3.8) is 0 Å². The second-order valence-corrected chi connectivity index (χ2v) is 5.96. The lowest BCUT2D eigenvalue weighted by Gasteiger charge is -2.15. The van der Waals surface area contributed by atoms with Gasteiger partial charge >= 0.3 is 8.80 Å². The lowest BCUT2D eigenvalue weighted by atomic mass is 10.1. The predicted molar refractivity (Wildman–Crippen MR) is 55.6 cm³/mol. The maximum Gasteiger partial charge on any atom is 0.493 e. The molecule has 0 aromatic heterocycles. The van der Waals surface area contributed by atoms with E-state index in [1.807, 2.05) is 6.92 Å². The molecular weight excluding hydrogens is 208 g/mol. The molecule has 0 heterocycles. The van der Waals surface area contributed by atoms with Gasteiger partial charge in [0.2, 0.25) is 0 Å². The molecule has 0 aliphatic rings. The minimum Gasteiger partial charge on any atom is -0.390 e. The molecule has 0 spiro atoms. The van der Waals surface area contributed by atoms with Gasteiger partial charge in [-0.05, 0) is 12.3 Å². The van der Waals surface area contributed by atoms with E-state index in [4.69, 9.17) is 26.0 Å². The number of rotatable bonds is 7. The number of alkyl halides is 1. The smallest absolute Gasteiger partial charge is 0.390 e. The molecule has 0 rings (SSSR count). The Morgan fingerprint density at radius 2 is 1.77 bits per heavy atom. The third-order valence-corrected chi connectivity index (χ3v) is 3.46. The van der Waals surface area contributed by atoms with E-state index in [2.05, 4.69) is 0 Å². The first-order chi connectivity index (χ1) is 5.95. The van der Waals surface area contributed by atoms with Crippen LogP contribution in [-0.4, -0.2) is 29.1 Å². The zero-order valence-corrected chi connectivity index (χ0v) is 9.80. The van der Waals surface area contributed by atoms with E-state index in [-0.39, 0.29) is 12.0 Å². The Bertz CT molecular complexity index is 127. The quantitative estimate of drug-likeness (QED) is 0.349. The van der Waals surface area contributed by atoms with Gasteiger partial charge in [0.15, 0.2) is 0 Å². The van der Waals surface area contributed by atoms with Crippen LogP contribution in [0.2, 0.25) is 6.04 Å². The molecule has 0 aromatic rings. The number of hydrogen-bond donors (Lipinski definition) is 3. The fraction of sp³-hybridized carbons (Fsp3) is 1.00. The van der Waals surface area contributed by atoms with E-state index in [0.717, 1.165) is 25.7 Å². The zero-order valence-electron chi connectivity index (χ0n) is 8.04. The summed E-state index contributed by atoms with van der Waals surface area (Å²) in [6.07, 6.45) is 4.05. The fourth-order valence-corrected chi connectivity index (χ4v) is 2.66. The van der Waals surface area contributed by atoms with E-state index >= 15 is 0 Å². The molecular formula is C8H19ClO3Si. The van der Waals surface area contributed by atoms with Crippen LogP contribution in [0.25, 0.3) is 0 Å². The molecule has 80 valence electrons. The zero-order chi connectivity index (χ0) is 10.3. The predicted octanol–water partition coefficient (Wildman–Crippen LogP) is 1.34. The van der Waals surface area contributed by atoms with E-state index in [1.165, 1.54) is 0 Å². The Morgan fingerprint density at radius 1 is 1.15 bits per heavy atom. The minimum atomic E-state index is -3.81. The van der Waals surface area contributed by atoms with Crippen LogP contribution in [-0.2, 0) is 0 Å². The van der Waals surface area contributed by atoms with Crippen LogP contribution in [0.15, 0.2) is 0 Å². The third-order valence-electron chi connectivity index (χ3n) is 1.95. The Labute approximate surface area is 85.7 Å². The molecule has 1 unspecified atom stereocenters. The van der Waals surface area contributed by atoms with Crippen molar-refractivity contribution >= 4 is 20.4 Å². The minimum absolute atomic E-state index is 0.147.